The number of hydrogen-bond acceptors (Lipinski definition) is 3. The summed E-state index contributed by atoms with van der Waals surface area (Å²) in [5, 5.41) is 13.1. The summed E-state index contributed by atoms with van der Waals surface area (Å²) >= 11 is 0. The minimum Gasteiger partial charge on any atom is -0.382 e. The largest absolute Gasteiger partial charge is 0.382 e. The number of aryl methyl sites for hydroxylation is 1. The van der Waals surface area contributed by atoms with Gasteiger partial charge in [0.2, 0.25) is 0 Å². The maximum atomic E-state index is 13.9. The van der Waals surface area contributed by atoms with Crippen LogP contribution in [-0.2, 0) is 0 Å². The number of nitrogens with two attached hydrogens (primary N) is 1. The summed E-state index contributed by atoms with van der Waals surface area (Å²) in [7, 11) is 0. The van der Waals surface area contributed by atoms with Crippen LogP contribution < -0.4 is 16.4 Å². The van der Waals surface area contributed by atoms with Crippen LogP contribution in [0, 0.1) is 12.7 Å². The summed E-state index contributed by atoms with van der Waals surface area (Å²) < 4.78 is 13.9. The van der Waals surface area contributed by atoms with Crippen LogP contribution in [0.15, 0.2) is 60.7 Å². The number of nitrogens with one attached hydrogen (secondary N) is 3. The number of benzene rings is 3. The molecule has 0 fully saturated rings. The molecule has 0 aliphatic heterocycles. The fourth-order valence-corrected chi connectivity index (χ4v) is 3.16. The van der Waals surface area contributed by atoms with Crippen molar-refractivity contribution in [3.63, 3.8) is 0 Å². The number of H-pyrrole nitrogens is 1. The number of nitrogens with zero attached hydrogens (tertiary/aromatic N) is 1. The summed E-state index contributed by atoms with van der Waals surface area (Å²) in [5.74, 6) is -0.114. The van der Waals surface area contributed by atoms with Gasteiger partial charge in [-0.05, 0) is 42.3 Å². The highest BCUT2D eigenvalue weighted by atomic mass is 19.1. The van der Waals surface area contributed by atoms with Crippen LogP contribution in [0.5, 0.6) is 0 Å². The van der Waals surface area contributed by atoms with Crippen molar-refractivity contribution in [3.8, 4) is 11.1 Å². The Morgan fingerprint density at radius 2 is 1.75 bits per heavy atom. The normalized spacial score (nSPS) is 10.8. The number of para-hydroxylation sites is 1. The van der Waals surface area contributed by atoms with E-state index >= 15 is 0 Å². The summed E-state index contributed by atoms with van der Waals surface area (Å²) in [4.78, 5) is 12.5. The van der Waals surface area contributed by atoms with E-state index in [0.29, 0.717) is 11.5 Å². The Morgan fingerprint density at radius 1 is 1.00 bits per heavy atom. The van der Waals surface area contributed by atoms with Gasteiger partial charge < -0.3 is 16.4 Å². The third kappa shape index (κ3) is 3.25. The van der Waals surface area contributed by atoms with Gasteiger partial charge in [0.05, 0.1) is 22.3 Å². The molecule has 0 spiro atoms. The minimum atomic E-state index is -0.538. The number of carbonyl (C=O) groups is 1. The lowest BCUT2D eigenvalue weighted by molar-refractivity contribution is 0.262. The first-order valence-corrected chi connectivity index (χ1v) is 8.69. The number of aromatic nitrogens is 2. The molecule has 0 aliphatic rings. The Labute approximate surface area is 160 Å². The topological polar surface area (TPSA) is 95.8 Å². The molecule has 2 amide bonds. The molecule has 4 rings (SSSR count). The van der Waals surface area contributed by atoms with Crippen LogP contribution in [0.2, 0.25) is 0 Å². The molecule has 0 saturated heterocycles. The molecule has 5 N–H and O–H groups in total. The Hall–Kier alpha value is -3.87. The molecule has 140 valence electrons. The second kappa shape index (κ2) is 7.03. The number of anilines is 3. The Bertz CT molecular complexity index is 1180. The van der Waals surface area contributed by atoms with E-state index in [1.54, 1.807) is 18.2 Å². The van der Waals surface area contributed by atoms with Gasteiger partial charge in [-0.25, -0.2) is 9.18 Å². The van der Waals surface area contributed by atoms with Crippen LogP contribution >= 0.6 is 0 Å². The number of hydrogen-bond donors (Lipinski definition) is 4. The van der Waals surface area contributed by atoms with Crippen molar-refractivity contribution < 1.29 is 9.18 Å². The molecule has 1 heterocycles. The predicted octanol–water partition coefficient (Wildman–Crippen LogP) is 4.90. The van der Waals surface area contributed by atoms with Gasteiger partial charge in [0.1, 0.15) is 5.82 Å². The van der Waals surface area contributed by atoms with Crippen LogP contribution in [0.3, 0.4) is 0 Å². The molecule has 0 radical (unpaired) electrons. The lowest BCUT2D eigenvalue weighted by Crippen LogP contribution is -2.20. The van der Waals surface area contributed by atoms with Crippen LogP contribution in [0.1, 0.15) is 5.56 Å². The van der Waals surface area contributed by atoms with Gasteiger partial charge in [0.25, 0.3) is 0 Å². The Balaban J connectivity index is 1.68. The monoisotopic (exact) mass is 375 g/mol. The number of amides is 2. The summed E-state index contributed by atoms with van der Waals surface area (Å²) in [5.41, 5.74) is 9.97. The molecular weight excluding hydrogens is 357 g/mol. The second-order valence-electron chi connectivity index (χ2n) is 6.44. The maximum absolute atomic E-state index is 13.9. The molecule has 0 aliphatic carbocycles. The van der Waals surface area contributed by atoms with E-state index in [2.05, 4.69) is 20.8 Å². The smallest absolute Gasteiger partial charge is 0.323 e. The van der Waals surface area contributed by atoms with Gasteiger partial charge in [0, 0.05) is 5.56 Å². The predicted molar refractivity (Wildman–Crippen MR) is 110 cm³/mol. The van der Waals surface area contributed by atoms with Crippen LogP contribution in [0.25, 0.3) is 22.0 Å². The van der Waals surface area contributed by atoms with E-state index in [4.69, 9.17) is 5.73 Å². The zero-order chi connectivity index (χ0) is 19.7. The summed E-state index contributed by atoms with van der Waals surface area (Å²) in [6, 6.07) is 17.0. The molecular formula is C21H18FN5O. The zero-order valence-electron chi connectivity index (χ0n) is 15.1. The molecule has 7 heteroatoms. The highest BCUT2D eigenvalue weighted by molar-refractivity contribution is 6.07. The van der Waals surface area contributed by atoms with E-state index < -0.39 is 11.8 Å². The SMILES string of the molecule is Cc1ccc(F)c(NC(=O)Nc2ccccc2-c2cccc3[nH]nc(N)c23)c1. The molecule has 0 atom stereocenters. The fraction of sp³-hybridized carbons (Fsp3) is 0.0476. The van der Waals surface area contributed by atoms with Crippen molar-refractivity contribution in [2.45, 2.75) is 6.92 Å². The molecule has 3 aromatic carbocycles. The Morgan fingerprint density at radius 3 is 2.61 bits per heavy atom. The number of halogens is 1. The lowest BCUT2D eigenvalue weighted by atomic mass is 9.99. The first kappa shape index (κ1) is 17.5. The van der Waals surface area contributed by atoms with Crippen molar-refractivity contribution in [1.82, 2.24) is 10.2 Å². The van der Waals surface area contributed by atoms with E-state index in [0.717, 1.165) is 27.6 Å². The quantitative estimate of drug-likeness (QED) is 0.410. The van der Waals surface area contributed by atoms with E-state index in [9.17, 15) is 9.18 Å². The number of carbonyl (C=O) groups excluding carboxylic acids is 1. The van der Waals surface area contributed by atoms with E-state index in [1.165, 1.54) is 6.07 Å². The number of fused-ring (bicyclic) bond motifs is 1. The summed E-state index contributed by atoms with van der Waals surface area (Å²) in [6.07, 6.45) is 0. The minimum absolute atomic E-state index is 0.121. The van der Waals surface area contributed by atoms with Gasteiger partial charge in [-0.15, -0.1) is 0 Å². The van der Waals surface area contributed by atoms with Crippen molar-refractivity contribution in [3.05, 3.63) is 72.0 Å². The van der Waals surface area contributed by atoms with Gasteiger partial charge >= 0.3 is 6.03 Å². The average molecular weight is 375 g/mol. The molecule has 0 unspecified atom stereocenters. The number of rotatable bonds is 3. The van der Waals surface area contributed by atoms with Crippen LogP contribution in [-0.4, -0.2) is 16.2 Å². The van der Waals surface area contributed by atoms with Crippen molar-refractivity contribution in [2.75, 3.05) is 16.4 Å². The van der Waals surface area contributed by atoms with Gasteiger partial charge in [-0.2, -0.15) is 5.10 Å². The second-order valence-corrected chi connectivity index (χ2v) is 6.44. The number of aromatic amines is 1. The maximum Gasteiger partial charge on any atom is 0.323 e. The van der Waals surface area contributed by atoms with Gasteiger partial charge in [0.15, 0.2) is 5.82 Å². The number of urea groups is 1. The highest BCUT2D eigenvalue weighted by Gasteiger charge is 2.14. The summed E-state index contributed by atoms with van der Waals surface area (Å²) in [6.45, 7) is 1.83. The van der Waals surface area contributed by atoms with E-state index in [1.807, 2.05) is 43.3 Å². The zero-order valence-corrected chi connectivity index (χ0v) is 15.1. The molecule has 4 aromatic rings. The molecule has 28 heavy (non-hydrogen) atoms. The first-order chi connectivity index (χ1) is 13.5. The standard InChI is InChI=1S/C21H18FN5O/c1-12-9-10-15(22)18(11-12)25-21(28)24-16-7-3-2-5-13(16)14-6-4-8-17-19(14)20(23)27-26-17/h2-11H,1H3,(H3,23,26,27)(H2,24,25,28). The van der Waals surface area contributed by atoms with Crippen molar-refractivity contribution >= 4 is 34.1 Å². The highest BCUT2D eigenvalue weighted by Crippen LogP contribution is 2.35. The third-order valence-corrected chi connectivity index (χ3v) is 4.45. The van der Waals surface area contributed by atoms with Gasteiger partial charge in [-0.3, -0.25) is 5.10 Å². The molecule has 0 bridgehead atoms. The third-order valence-electron chi connectivity index (χ3n) is 4.45. The molecule has 1 aromatic heterocycles. The lowest BCUT2D eigenvalue weighted by Gasteiger charge is -2.13. The van der Waals surface area contributed by atoms with E-state index in [-0.39, 0.29) is 5.69 Å². The average Bonchev–Trinajstić information content (AvgIpc) is 3.06. The molecule has 0 saturated carbocycles. The van der Waals surface area contributed by atoms with Crippen molar-refractivity contribution in [1.29, 1.82) is 0 Å². The van der Waals surface area contributed by atoms with Crippen LogP contribution in [0.4, 0.5) is 26.4 Å². The van der Waals surface area contributed by atoms with Crippen molar-refractivity contribution in [2.24, 2.45) is 0 Å². The number of nitrogen functional groups attached to an aromatic ring is 1. The fourth-order valence-electron chi connectivity index (χ4n) is 3.16. The first-order valence-electron chi connectivity index (χ1n) is 8.69. The molecule has 6 nitrogen and oxygen atoms in total. The van der Waals surface area contributed by atoms with Gasteiger partial charge in [-0.1, -0.05) is 36.4 Å². The Kier molecular flexibility index (Phi) is 4.41.